The second-order valence-corrected chi connectivity index (χ2v) is 18.9. The van der Waals surface area contributed by atoms with E-state index in [1.165, 1.54) is 100.0 Å². The third-order valence-electron chi connectivity index (χ3n) is 14.0. The van der Waals surface area contributed by atoms with Gasteiger partial charge in [-0.25, -0.2) is 0 Å². The first-order chi connectivity index (χ1) is 26.0. The Bertz CT molecular complexity index is 2300. The maximum Gasteiger partial charge on any atom is 0.0465 e. The first kappa shape index (κ1) is 33.7. The minimum Gasteiger partial charge on any atom is -0.310 e. The Kier molecular flexibility index (Phi) is 7.68. The zero-order valence-electron chi connectivity index (χ0n) is 32.7. The minimum absolute atomic E-state index is 0.0666. The van der Waals surface area contributed by atoms with Crippen LogP contribution in [0.1, 0.15) is 95.4 Å². The van der Waals surface area contributed by atoms with Gasteiger partial charge in [-0.3, -0.25) is 0 Å². The van der Waals surface area contributed by atoms with Gasteiger partial charge in [0.05, 0.1) is 0 Å². The van der Waals surface area contributed by atoms with Crippen molar-refractivity contribution >= 4 is 17.1 Å². The van der Waals surface area contributed by atoms with Gasteiger partial charge in [-0.05, 0) is 159 Å². The summed E-state index contributed by atoms with van der Waals surface area (Å²) in [7, 11) is 0. The van der Waals surface area contributed by atoms with E-state index in [2.05, 4.69) is 179 Å². The van der Waals surface area contributed by atoms with Crippen molar-refractivity contribution in [3.8, 4) is 33.4 Å². The molecule has 0 radical (unpaired) electrons. The second-order valence-electron chi connectivity index (χ2n) is 18.9. The zero-order valence-corrected chi connectivity index (χ0v) is 32.7. The first-order valence-electron chi connectivity index (χ1n) is 20.5. The summed E-state index contributed by atoms with van der Waals surface area (Å²) in [6, 6.07) is 53.3. The van der Waals surface area contributed by atoms with Crippen molar-refractivity contribution in [1.82, 2.24) is 0 Å². The Morgan fingerprint density at radius 2 is 0.926 bits per heavy atom. The van der Waals surface area contributed by atoms with Crippen LogP contribution in [0, 0.1) is 17.8 Å². The number of anilines is 3. The molecule has 0 spiro atoms. The fraction of sp³-hybridized carbons (Fsp3) is 0.321. The molecule has 5 aliphatic rings. The molecule has 0 N–H and O–H groups in total. The summed E-state index contributed by atoms with van der Waals surface area (Å²) in [5.41, 5.74) is 17.5. The smallest absolute Gasteiger partial charge is 0.0465 e. The molecule has 11 rings (SSSR count). The van der Waals surface area contributed by atoms with Crippen LogP contribution >= 0.6 is 0 Å². The summed E-state index contributed by atoms with van der Waals surface area (Å²) in [5.74, 6) is 2.90. The van der Waals surface area contributed by atoms with E-state index in [4.69, 9.17) is 0 Å². The van der Waals surface area contributed by atoms with Crippen LogP contribution in [0.2, 0.25) is 0 Å². The minimum atomic E-state index is -0.0666. The van der Waals surface area contributed by atoms with Crippen molar-refractivity contribution in [2.24, 2.45) is 17.8 Å². The molecule has 6 aromatic rings. The van der Waals surface area contributed by atoms with E-state index in [0.29, 0.717) is 5.41 Å². The monoisotopic (exact) mass is 703 g/mol. The highest BCUT2D eigenvalue weighted by Gasteiger charge is 2.51. The van der Waals surface area contributed by atoms with Gasteiger partial charge in [0.25, 0.3) is 0 Å². The number of hydrogen-bond acceptors (Lipinski definition) is 1. The van der Waals surface area contributed by atoms with Crippen LogP contribution in [0.15, 0.2) is 140 Å². The fourth-order valence-corrected chi connectivity index (χ4v) is 11.5. The molecular formula is C53H53N. The standard InChI is InChI=1S/C53H53N/c1-51(2,3)42-18-10-38(11-19-42)40-14-22-44(23-15-40)54(46-26-27-48-47-8-6-7-9-49(47)52(4,5)50(48)31-46)45-24-16-41(17-25-45)39-12-20-43(21-13-39)53-32-35-28-36(33-53)30-37(29-35)34-53/h6-27,31,35-37H,28-30,32-34H2,1-5H3. The Morgan fingerprint density at radius 1 is 0.481 bits per heavy atom. The molecule has 4 bridgehead atoms. The molecular weight excluding hydrogens is 651 g/mol. The topological polar surface area (TPSA) is 3.24 Å². The largest absolute Gasteiger partial charge is 0.310 e. The maximum absolute atomic E-state index is 2.48. The number of fused-ring (bicyclic) bond motifs is 3. The average molecular weight is 704 g/mol. The van der Waals surface area contributed by atoms with Gasteiger partial charge in [0.2, 0.25) is 0 Å². The van der Waals surface area contributed by atoms with Gasteiger partial charge in [0.1, 0.15) is 0 Å². The average Bonchev–Trinajstić information content (AvgIpc) is 3.40. The van der Waals surface area contributed by atoms with E-state index >= 15 is 0 Å². The molecule has 1 nitrogen and oxygen atoms in total. The van der Waals surface area contributed by atoms with Crippen molar-refractivity contribution < 1.29 is 0 Å². The third-order valence-corrected chi connectivity index (χ3v) is 14.0. The maximum atomic E-state index is 2.48. The van der Waals surface area contributed by atoms with Crippen molar-refractivity contribution in [2.75, 3.05) is 4.90 Å². The number of rotatable bonds is 6. The van der Waals surface area contributed by atoms with Gasteiger partial charge in [-0.1, -0.05) is 138 Å². The van der Waals surface area contributed by atoms with Gasteiger partial charge in [0, 0.05) is 22.5 Å². The Morgan fingerprint density at radius 3 is 1.44 bits per heavy atom. The van der Waals surface area contributed by atoms with Crippen LogP contribution in [0.4, 0.5) is 17.1 Å². The number of benzene rings is 6. The lowest BCUT2D eigenvalue weighted by molar-refractivity contribution is -0.00518. The molecule has 5 aliphatic carbocycles. The van der Waals surface area contributed by atoms with Crippen molar-refractivity contribution in [3.63, 3.8) is 0 Å². The molecule has 54 heavy (non-hydrogen) atoms. The molecule has 0 amide bonds. The highest BCUT2D eigenvalue weighted by Crippen LogP contribution is 2.61. The van der Waals surface area contributed by atoms with E-state index in [-0.39, 0.29) is 10.8 Å². The molecule has 4 saturated carbocycles. The summed E-state index contributed by atoms with van der Waals surface area (Å²) >= 11 is 0. The Labute approximate surface area is 323 Å². The molecule has 0 atom stereocenters. The summed E-state index contributed by atoms with van der Waals surface area (Å²) in [5, 5.41) is 0. The molecule has 0 saturated heterocycles. The van der Waals surface area contributed by atoms with E-state index in [9.17, 15) is 0 Å². The molecule has 0 heterocycles. The highest BCUT2D eigenvalue weighted by atomic mass is 15.1. The lowest BCUT2D eigenvalue weighted by Gasteiger charge is -2.57. The molecule has 0 unspecified atom stereocenters. The first-order valence-corrected chi connectivity index (χ1v) is 20.5. The van der Waals surface area contributed by atoms with Crippen molar-refractivity contribution in [3.05, 3.63) is 162 Å². The van der Waals surface area contributed by atoms with E-state index in [1.54, 1.807) is 5.56 Å². The third kappa shape index (κ3) is 5.57. The van der Waals surface area contributed by atoms with E-state index < -0.39 is 0 Å². The van der Waals surface area contributed by atoms with Crippen molar-refractivity contribution in [1.29, 1.82) is 0 Å². The van der Waals surface area contributed by atoms with Gasteiger partial charge in [0.15, 0.2) is 0 Å². The van der Waals surface area contributed by atoms with E-state index in [1.807, 2.05) is 0 Å². The van der Waals surface area contributed by atoms with Crippen molar-refractivity contribution in [2.45, 2.75) is 89.4 Å². The van der Waals surface area contributed by atoms with Crippen LogP contribution in [0.3, 0.4) is 0 Å². The predicted molar refractivity (Wildman–Crippen MR) is 228 cm³/mol. The lowest BCUT2D eigenvalue weighted by Crippen LogP contribution is -2.48. The van der Waals surface area contributed by atoms with Crippen LogP contribution in [-0.2, 0) is 16.2 Å². The highest BCUT2D eigenvalue weighted by molar-refractivity contribution is 5.86. The quantitative estimate of drug-likeness (QED) is 0.167. The lowest BCUT2D eigenvalue weighted by atomic mass is 9.48. The van der Waals surface area contributed by atoms with E-state index in [0.717, 1.165) is 23.4 Å². The predicted octanol–water partition coefficient (Wildman–Crippen LogP) is 14.6. The fourth-order valence-electron chi connectivity index (χ4n) is 11.5. The molecule has 0 aliphatic heterocycles. The molecule has 0 aromatic heterocycles. The molecule has 1 heteroatoms. The summed E-state index contributed by atoms with van der Waals surface area (Å²) in [4.78, 5) is 2.44. The van der Waals surface area contributed by atoms with Gasteiger partial charge >= 0.3 is 0 Å². The summed E-state index contributed by atoms with van der Waals surface area (Å²) in [6.45, 7) is 11.6. The Balaban J connectivity index is 0.989. The summed E-state index contributed by atoms with van der Waals surface area (Å²) in [6.07, 6.45) is 8.73. The molecule has 4 fully saturated rings. The van der Waals surface area contributed by atoms with Crippen LogP contribution in [-0.4, -0.2) is 0 Å². The SMILES string of the molecule is CC(C)(C)c1ccc(-c2ccc(N(c3ccc(-c4ccc(C56CC7CC(CC(C7)C5)C6)cc4)cc3)c3ccc4c(c3)C(C)(C)c3ccccc3-4)cc2)cc1. The van der Waals surface area contributed by atoms with Crippen LogP contribution in [0.25, 0.3) is 33.4 Å². The summed E-state index contributed by atoms with van der Waals surface area (Å²) < 4.78 is 0. The number of nitrogens with zero attached hydrogens (tertiary/aromatic N) is 1. The van der Waals surface area contributed by atoms with Gasteiger partial charge in [-0.15, -0.1) is 0 Å². The molecule has 6 aromatic carbocycles. The van der Waals surface area contributed by atoms with Crippen LogP contribution < -0.4 is 4.90 Å². The zero-order chi connectivity index (χ0) is 36.8. The Hall–Kier alpha value is -4.88. The number of hydrogen-bond donors (Lipinski definition) is 0. The van der Waals surface area contributed by atoms with Crippen LogP contribution in [0.5, 0.6) is 0 Å². The normalized spacial score (nSPS) is 23.2. The second kappa shape index (κ2) is 12.3. The molecule has 270 valence electrons. The van der Waals surface area contributed by atoms with Gasteiger partial charge < -0.3 is 4.90 Å². The van der Waals surface area contributed by atoms with Gasteiger partial charge in [-0.2, -0.15) is 0 Å².